The molecule has 0 aromatic heterocycles. The molecule has 1 fully saturated rings. The second kappa shape index (κ2) is 2.94. The van der Waals surface area contributed by atoms with E-state index in [0.717, 1.165) is 12.3 Å². The van der Waals surface area contributed by atoms with Crippen molar-refractivity contribution in [2.75, 3.05) is 12.3 Å². The van der Waals surface area contributed by atoms with E-state index in [1.165, 1.54) is 4.91 Å². The molecule has 2 heterocycles. The fourth-order valence-corrected chi connectivity index (χ4v) is 2.96. The molecule has 0 saturated carbocycles. The lowest BCUT2D eigenvalue weighted by Crippen LogP contribution is -2.30. The van der Waals surface area contributed by atoms with Gasteiger partial charge in [0.05, 0.1) is 5.92 Å². The number of allylic oxidation sites excluding steroid dienone is 1. The van der Waals surface area contributed by atoms with Crippen molar-refractivity contribution in [3.05, 3.63) is 11.0 Å². The highest BCUT2D eigenvalue weighted by molar-refractivity contribution is 8.03. The summed E-state index contributed by atoms with van der Waals surface area (Å²) in [5, 5.41) is 0. The number of thioether (sulfide) groups is 1. The Morgan fingerprint density at radius 2 is 2.58 bits per heavy atom. The van der Waals surface area contributed by atoms with Crippen molar-refractivity contribution in [2.45, 2.75) is 0 Å². The third-order valence-corrected chi connectivity index (χ3v) is 3.59. The normalized spacial score (nSPS) is 32.8. The number of aliphatic imine (C=N–C) groups is 1. The molecule has 3 nitrogen and oxygen atoms in total. The maximum absolute atomic E-state index is 11.0. The van der Waals surface area contributed by atoms with Crippen LogP contribution in [-0.2, 0) is 4.79 Å². The van der Waals surface area contributed by atoms with Gasteiger partial charge in [-0.1, -0.05) is 0 Å². The average Bonchev–Trinajstić information content (AvgIpc) is 2.47. The lowest BCUT2D eigenvalue weighted by atomic mass is 9.92. The summed E-state index contributed by atoms with van der Waals surface area (Å²) >= 11 is 1.73. The van der Waals surface area contributed by atoms with Crippen LogP contribution in [0.2, 0.25) is 0 Å². The summed E-state index contributed by atoms with van der Waals surface area (Å²) in [7, 11) is 0. The zero-order chi connectivity index (χ0) is 8.55. The summed E-state index contributed by atoms with van der Waals surface area (Å²) in [6.07, 6.45) is 3.80. The molecular formula is C8H10N2OS. The van der Waals surface area contributed by atoms with E-state index >= 15 is 0 Å². The van der Waals surface area contributed by atoms with Crippen LogP contribution in [0.25, 0.3) is 0 Å². The number of hydrogen-bond acceptors (Lipinski definition) is 3. The molecule has 12 heavy (non-hydrogen) atoms. The molecule has 4 heteroatoms. The number of rotatable bonds is 1. The van der Waals surface area contributed by atoms with Crippen LogP contribution in [0.15, 0.2) is 16.0 Å². The standard InChI is InChI=1S/C8H10N2OS/c9-8(11)6-4-12-7-1-2-10-3-5(6)7/h1-2,5-6H,3-4H2,(H2,9,11). The lowest BCUT2D eigenvalue weighted by Gasteiger charge is -2.16. The van der Waals surface area contributed by atoms with E-state index in [1.54, 1.807) is 11.8 Å². The van der Waals surface area contributed by atoms with Gasteiger partial charge in [-0.3, -0.25) is 9.79 Å². The van der Waals surface area contributed by atoms with Gasteiger partial charge in [0.2, 0.25) is 5.91 Å². The second-order valence-corrected chi connectivity index (χ2v) is 4.10. The number of carbonyl (C=O) groups is 1. The molecule has 2 atom stereocenters. The first kappa shape index (κ1) is 7.86. The number of dihydropyridines is 1. The molecular weight excluding hydrogens is 172 g/mol. The van der Waals surface area contributed by atoms with E-state index in [-0.39, 0.29) is 17.7 Å². The molecule has 2 N–H and O–H groups in total. The van der Waals surface area contributed by atoms with Crippen molar-refractivity contribution in [1.82, 2.24) is 0 Å². The molecule has 0 bridgehead atoms. The number of hydrogen-bond donors (Lipinski definition) is 1. The van der Waals surface area contributed by atoms with Gasteiger partial charge < -0.3 is 5.73 Å². The predicted molar refractivity (Wildman–Crippen MR) is 50.1 cm³/mol. The molecule has 2 unspecified atom stereocenters. The van der Waals surface area contributed by atoms with Crippen LogP contribution in [0.4, 0.5) is 0 Å². The maximum Gasteiger partial charge on any atom is 0.222 e. The number of nitrogens with two attached hydrogens (primary N) is 1. The Hall–Kier alpha value is -0.770. The quantitative estimate of drug-likeness (QED) is 0.639. The van der Waals surface area contributed by atoms with E-state index in [2.05, 4.69) is 4.99 Å². The summed E-state index contributed by atoms with van der Waals surface area (Å²) in [6.45, 7) is 0.729. The maximum atomic E-state index is 11.0. The minimum Gasteiger partial charge on any atom is -0.369 e. The van der Waals surface area contributed by atoms with Crippen LogP contribution in [-0.4, -0.2) is 24.4 Å². The molecule has 2 aliphatic heterocycles. The molecule has 0 radical (unpaired) electrons. The van der Waals surface area contributed by atoms with E-state index in [4.69, 9.17) is 5.73 Å². The molecule has 0 aromatic rings. The first-order chi connectivity index (χ1) is 5.79. The molecule has 1 amide bonds. The highest BCUT2D eigenvalue weighted by Crippen LogP contribution is 2.41. The van der Waals surface area contributed by atoms with E-state index in [1.807, 2.05) is 12.3 Å². The Kier molecular flexibility index (Phi) is 1.92. The number of carbonyl (C=O) groups excluding carboxylic acids is 1. The van der Waals surface area contributed by atoms with Crippen molar-refractivity contribution in [3.63, 3.8) is 0 Å². The molecule has 2 aliphatic rings. The van der Waals surface area contributed by atoms with Crippen LogP contribution in [0.3, 0.4) is 0 Å². The highest BCUT2D eigenvalue weighted by Gasteiger charge is 2.36. The van der Waals surface area contributed by atoms with Crippen molar-refractivity contribution in [1.29, 1.82) is 0 Å². The van der Waals surface area contributed by atoms with Gasteiger partial charge in [-0.05, 0) is 11.0 Å². The highest BCUT2D eigenvalue weighted by atomic mass is 32.2. The van der Waals surface area contributed by atoms with Gasteiger partial charge in [-0.25, -0.2) is 0 Å². The van der Waals surface area contributed by atoms with Crippen molar-refractivity contribution in [3.8, 4) is 0 Å². The lowest BCUT2D eigenvalue weighted by molar-refractivity contribution is -0.121. The predicted octanol–water partition coefficient (Wildman–Crippen LogP) is 0.419. The smallest absolute Gasteiger partial charge is 0.222 e. The zero-order valence-electron chi connectivity index (χ0n) is 6.56. The fraction of sp³-hybridized carbons (Fsp3) is 0.500. The molecule has 1 saturated heterocycles. The van der Waals surface area contributed by atoms with E-state index < -0.39 is 0 Å². The largest absolute Gasteiger partial charge is 0.369 e. The number of nitrogens with zero attached hydrogens (tertiary/aromatic N) is 1. The summed E-state index contributed by atoms with van der Waals surface area (Å²) < 4.78 is 0. The minimum absolute atomic E-state index is 0.00120. The first-order valence-corrected chi connectivity index (χ1v) is 4.89. The molecule has 64 valence electrons. The van der Waals surface area contributed by atoms with Gasteiger partial charge in [0.1, 0.15) is 0 Å². The van der Waals surface area contributed by atoms with E-state index in [9.17, 15) is 4.79 Å². The Morgan fingerprint density at radius 3 is 3.33 bits per heavy atom. The fourth-order valence-electron chi connectivity index (χ4n) is 1.58. The number of amides is 1. The van der Waals surface area contributed by atoms with Crippen LogP contribution in [0, 0.1) is 11.8 Å². The second-order valence-electron chi connectivity index (χ2n) is 3.01. The van der Waals surface area contributed by atoms with Gasteiger partial charge in [0, 0.05) is 24.4 Å². The Balaban J connectivity index is 2.20. The summed E-state index contributed by atoms with van der Waals surface area (Å²) in [5.41, 5.74) is 5.27. The van der Waals surface area contributed by atoms with E-state index in [0.29, 0.717) is 0 Å². The molecule has 2 rings (SSSR count). The average molecular weight is 182 g/mol. The third-order valence-electron chi connectivity index (χ3n) is 2.29. The molecule has 0 aliphatic carbocycles. The Bertz CT molecular complexity index is 272. The van der Waals surface area contributed by atoms with Crippen LogP contribution < -0.4 is 5.73 Å². The topological polar surface area (TPSA) is 55.5 Å². The Morgan fingerprint density at radius 1 is 1.75 bits per heavy atom. The number of primary amides is 1. The van der Waals surface area contributed by atoms with Gasteiger partial charge in [-0.15, -0.1) is 11.8 Å². The van der Waals surface area contributed by atoms with Gasteiger partial charge in [0.25, 0.3) is 0 Å². The molecule has 0 spiro atoms. The first-order valence-electron chi connectivity index (χ1n) is 3.91. The minimum atomic E-state index is -0.187. The third kappa shape index (κ3) is 1.16. The monoisotopic (exact) mass is 182 g/mol. The zero-order valence-corrected chi connectivity index (χ0v) is 7.38. The van der Waals surface area contributed by atoms with Crippen LogP contribution in [0.5, 0.6) is 0 Å². The van der Waals surface area contributed by atoms with Gasteiger partial charge >= 0.3 is 0 Å². The van der Waals surface area contributed by atoms with Gasteiger partial charge in [0.15, 0.2) is 0 Å². The summed E-state index contributed by atoms with van der Waals surface area (Å²) in [6, 6.07) is 0. The van der Waals surface area contributed by atoms with Crippen molar-refractivity contribution < 1.29 is 4.79 Å². The Labute approximate surface area is 75.1 Å². The SMILES string of the molecule is NC(=O)C1CSC2=CC=NCC21. The number of fused-ring (bicyclic) bond motifs is 1. The summed E-state index contributed by atoms with van der Waals surface area (Å²) in [5.74, 6) is 0.916. The van der Waals surface area contributed by atoms with Crippen molar-refractivity contribution >= 4 is 23.9 Å². The van der Waals surface area contributed by atoms with Crippen LogP contribution in [0.1, 0.15) is 0 Å². The van der Waals surface area contributed by atoms with Gasteiger partial charge in [-0.2, -0.15) is 0 Å². The summed E-state index contributed by atoms with van der Waals surface area (Å²) in [4.78, 5) is 16.4. The van der Waals surface area contributed by atoms with Crippen molar-refractivity contribution in [2.24, 2.45) is 22.6 Å². The molecule has 0 aromatic carbocycles. The van der Waals surface area contributed by atoms with Crippen LogP contribution >= 0.6 is 11.8 Å².